The van der Waals surface area contributed by atoms with Gasteiger partial charge in [-0.15, -0.1) is 0 Å². The summed E-state index contributed by atoms with van der Waals surface area (Å²) in [6.07, 6.45) is 5.60. The zero-order valence-corrected chi connectivity index (χ0v) is 11.9. The van der Waals surface area contributed by atoms with Crippen LogP contribution in [-0.4, -0.2) is 6.29 Å². The van der Waals surface area contributed by atoms with Crippen molar-refractivity contribution in [3.05, 3.63) is 33.9 Å². The Morgan fingerprint density at radius 1 is 0.944 bits per heavy atom. The van der Waals surface area contributed by atoms with Crippen LogP contribution in [0.4, 0.5) is 0 Å². The van der Waals surface area contributed by atoms with Crippen molar-refractivity contribution in [3.63, 3.8) is 0 Å². The summed E-state index contributed by atoms with van der Waals surface area (Å²) in [5.41, 5.74) is 7.04. The quantitative estimate of drug-likeness (QED) is 0.682. The summed E-state index contributed by atoms with van der Waals surface area (Å²) >= 11 is 0. The highest BCUT2D eigenvalue weighted by molar-refractivity contribution is 5.83. The first-order valence-corrected chi connectivity index (χ1v) is 7.02. The average Bonchev–Trinajstić information content (AvgIpc) is 2.76. The van der Waals surface area contributed by atoms with E-state index in [0.717, 1.165) is 24.7 Å². The Labute approximate surface area is 110 Å². The molecule has 0 N–H and O–H groups in total. The van der Waals surface area contributed by atoms with E-state index in [1.807, 2.05) is 0 Å². The molecule has 0 atom stereocenters. The molecule has 2 aliphatic carbocycles. The first-order chi connectivity index (χ1) is 8.37. The van der Waals surface area contributed by atoms with Crippen molar-refractivity contribution in [3.8, 4) is 0 Å². The molecule has 0 aliphatic heterocycles. The predicted octanol–water partition coefficient (Wildman–Crippen LogP) is 3.95. The Morgan fingerprint density at radius 3 is 1.78 bits per heavy atom. The third kappa shape index (κ3) is 1.43. The van der Waals surface area contributed by atoms with Crippen LogP contribution in [0.3, 0.4) is 0 Å². The smallest absolute Gasteiger partial charge is 0.150 e. The van der Waals surface area contributed by atoms with Gasteiger partial charge in [-0.05, 0) is 58.8 Å². The third-order valence-corrected chi connectivity index (χ3v) is 5.17. The highest BCUT2D eigenvalue weighted by Gasteiger charge is 2.38. The minimum absolute atomic E-state index is 0.237. The molecule has 96 valence electrons. The summed E-state index contributed by atoms with van der Waals surface area (Å²) in [7, 11) is 0. The molecule has 1 aromatic carbocycles. The number of hydrogen-bond donors (Lipinski definition) is 0. The van der Waals surface area contributed by atoms with Crippen LogP contribution in [0.1, 0.15) is 73.1 Å². The molecular formula is C17H22O. The second-order valence-corrected chi connectivity index (χ2v) is 7.23. The Morgan fingerprint density at radius 2 is 1.39 bits per heavy atom. The van der Waals surface area contributed by atoms with Crippen LogP contribution in [0.5, 0.6) is 0 Å². The van der Waals surface area contributed by atoms with E-state index in [4.69, 9.17) is 0 Å². The Balaban J connectivity index is 2.33. The molecule has 0 aromatic heterocycles. The second kappa shape index (κ2) is 3.46. The number of carbonyl (C=O) groups is 1. The van der Waals surface area contributed by atoms with E-state index in [-0.39, 0.29) is 10.8 Å². The maximum Gasteiger partial charge on any atom is 0.150 e. The van der Waals surface area contributed by atoms with Crippen LogP contribution >= 0.6 is 0 Å². The summed E-state index contributed by atoms with van der Waals surface area (Å²) in [6, 6.07) is 2.41. The number of aldehydes is 1. The molecule has 3 rings (SSSR count). The summed E-state index contributed by atoms with van der Waals surface area (Å²) < 4.78 is 0. The predicted molar refractivity (Wildman–Crippen MR) is 74.5 cm³/mol. The molecule has 18 heavy (non-hydrogen) atoms. The lowest BCUT2D eigenvalue weighted by atomic mass is 9.80. The molecule has 1 nitrogen and oxygen atoms in total. The van der Waals surface area contributed by atoms with Crippen LogP contribution < -0.4 is 0 Å². The Kier molecular flexibility index (Phi) is 2.30. The van der Waals surface area contributed by atoms with E-state index >= 15 is 0 Å². The molecule has 0 saturated heterocycles. The van der Waals surface area contributed by atoms with Crippen molar-refractivity contribution >= 4 is 6.29 Å². The molecule has 0 spiro atoms. The molecule has 1 aromatic rings. The van der Waals surface area contributed by atoms with Gasteiger partial charge in [-0.1, -0.05) is 33.8 Å². The molecule has 0 radical (unpaired) electrons. The van der Waals surface area contributed by atoms with Gasteiger partial charge in [-0.3, -0.25) is 4.79 Å². The lowest BCUT2D eigenvalue weighted by Gasteiger charge is -2.25. The van der Waals surface area contributed by atoms with Crippen molar-refractivity contribution in [1.29, 1.82) is 0 Å². The van der Waals surface area contributed by atoms with Gasteiger partial charge in [0.2, 0.25) is 0 Å². The summed E-state index contributed by atoms with van der Waals surface area (Å²) in [6.45, 7) is 9.23. The number of rotatable bonds is 1. The standard InChI is InChI=1S/C17H22O/c1-16(2)7-5-11-13(10-18)12-6-8-17(3,4)15(12)9-14(11)16/h9-10H,5-8H2,1-4H3. The molecule has 0 amide bonds. The molecule has 1 heteroatoms. The van der Waals surface area contributed by atoms with Crippen LogP contribution in [0, 0.1) is 0 Å². The number of benzene rings is 1. The van der Waals surface area contributed by atoms with E-state index in [2.05, 4.69) is 33.8 Å². The van der Waals surface area contributed by atoms with Crippen LogP contribution in [0.25, 0.3) is 0 Å². The lowest BCUT2D eigenvalue weighted by Crippen LogP contribution is -2.17. The van der Waals surface area contributed by atoms with Gasteiger partial charge in [0.05, 0.1) is 0 Å². The highest BCUT2D eigenvalue weighted by atomic mass is 16.1. The maximum atomic E-state index is 11.5. The fraction of sp³-hybridized carbons (Fsp3) is 0.588. The first-order valence-electron chi connectivity index (χ1n) is 7.02. The zero-order chi connectivity index (χ0) is 13.1. The van der Waals surface area contributed by atoms with Gasteiger partial charge in [-0.2, -0.15) is 0 Å². The lowest BCUT2D eigenvalue weighted by molar-refractivity contribution is 0.112. The first kappa shape index (κ1) is 12.0. The minimum atomic E-state index is 0.237. The van der Waals surface area contributed by atoms with E-state index in [9.17, 15) is 4.79 Å². The fourth-order valence-electron chi connectivity index (χ4n) is 3.82. The normalized spacial score (nSPS) is 22.7. The molecule has 2 aliphatic rings. The van der Waals surface area contributed by atoms with Gasteiger partial charge in [0, 0.05) is 5.56 Å². The Bertz CT molecular complexity index is 493. The van der Waals surface area contributed by atoms with Gasteiger partial charge in [0.15, 0.2) is 6.29 Å². The van der Waals surface area contributed by atoms with Crippen LogP contribution in [-0.2, 0) is 23.7 Å². The second-order valence-electron chi connectivity index (χ2n) is 7.23. The SMILES string of the molecule is CC1(C)CCc2c1cc1c(c2C=O)CCC1(C)C. The van der Waals surface area contributed by atoms with E-state index < -0.39 is 0 Å². The summed E-state index contributed by atoms with van der Waals surface area (Å²) in [5.74, 6) is 0. The van der Waals surface area contributed by atoms with E-state index in [0.29, 0.717) is 0 Å². The molecule has 0 saturated carbocycles. The van der Waals surface area contributed by atoms with Crippen LogP contribution in [0.2, 0.25) is 0 Å². The van der Waals surface area contributed by atoms with E-state index in [1.165, 1.54) is 35.1 Å². The van der Waals surface area contributed by atoms with Gasteiger partial charge in [0.1, 0.15) is 0 Å². The maximum absolute atomic E-state index is 11.5. The fourth-order valence-corrected chi connectivity index (χ4v) is 3.82. The largest absolute Gasteiger partial charge is 0.298 e. The van der Waals surface area contributed by atoms with Gasteiger partial charge >= 0.3 is 0 Å². The van der Waals surface area contributed by atoms with Crippen molar-refractivity contribution in [2.75, 3.05) is 0 Å². The molecule has 0 heterocycles. The number of carbonyl (C=O) groups excluding carboxylic acids is 1. The van der Waals surface area contributed by atoms with Crippen molar-refractivity contribution in [2.45, 2.75) is 64.2 Å². The molecule has 0 bridgehead atoms. The molecule has 0 unspecified atom stereocenters. The monoisotopic (exact) mass is 242 g/mol. The zero-order valence-electron chi connectivity index (χ0n) is 11.9. The van der Waals surface area contributed by atoms with Crippen LogP contribution in [0.15, 0.2) is 6.07 Å². The summed E-state index contributed by atoms with van der Waals surface area (Å²) in [5, 5.41) is 0. The third-order valence-electron chi connectivity index (χ3n) is 5.17. The Hall–Kier alpha value is -1.11. The average molecular weight is 242 g/mol. The van der Waals surface area contributed by atoms with Gasteiger partial charge < -0.3 is 0 Å². The van der Waals surface area contributed by atoms with Crippen molar-refractivity contribution < 1.29 is 4.79 Å². The molecular weight excluding hydrogens is 220 g/mol. The highest BCUT2D eigenvalue weighted by Crippen LogP contribution is 2.47. The van der Waals surface area contributed by atoms with Crippen molar-refractivity contribution in [2.24, 2.45) is 0 Å². The number of fused-ring (bicyclic) bond motifs is 2. The van der Waals surface area contributed by atoms with Gasteiger partial charge in [0.25, 0.3) is 0 Å². The topological polar surface area (TPSA) is 17.1 Å². The molecule has 0 fully saturated rings. The van der Waals surface area contributed by atoms with Crippen molar-refractivity contribution in [1.82, 2.24) is 0 Å². The summed E-state index contributed by atoms with van der Waals surface area (Å²) in [4.78, 5) is 11.5. The van der Waals surface area contributed by atoms with Gasteiger partial charge in [-0.25, -0.2) is 0 Å². The number of hydrogen-bond acceptors (Lipinski definition) is 1. The minimum Gasteiger partial charge on any atom is -0.298 e. The van der Waals surface area contributed by atoms with E-state index in [1.54, 1.807) is 0 Å².